The Bertz CT molecular complexity index is 365. The molecule has 1 atom stereocenters. The third-order valence-corrected chi connectivity index (χ3v) is 2.70. The van der Waals surface area contributed by atoms with Crippen molar-refractivity contribution in [2.24, 2.45) is 0 Å². The predicted molar refractivity (Wildman–Crippen MR) is 74.6 cm³/mol. The zero-order valence-electron chi connectivity index (χ0n) is 10.9. The Hall–Kier alpha value is -0.670. The molecule has 108 valence electrons. The first-order valence-electron chi connectivity index (χ1n) is 5.79. The molecule has 6 nitrogen and oxygen atoms in total. The van der Waals surface area contributed by atoms with Crippen LogP contribution in [0.2, 0.25) is 0 Å². The summed E-state index contributed by atoms with van der Waals surface area (Å²) in [6.45, 7) is 7.52. The molecule has 1 aliphatic rings. The van der Waals surface area contributed by atoms with Crippen LogP contribution in [0, 0.1) is 0 Å². The minimum Gasteiger partial charge on any atom is -0.463 e. The highest BCUT2D eigenvalue weighted by Gasteiger charge is 2.33. The molecule has 1 fully saturated rings. The Morgan fingerprint density at radius 3 is 2.63 bits per heavy atom. The summed E-state index contributed by atoms with van der Waals surface area (Å²) in [5.74, 6) is -1.60. The lowest BCUT2D eigenvalue weighted by atomic mass is 10.4. The lowest BCUT2D eigenvalue weighted by Crippen LogP contribution is -2.25. The fourth-order valence-electron chi connectivity index (χ4n) is 1.41. The van der Waals surface area contributed by atoms with E-state index in [1.807, 2.05) is 0 Å². The molecule has 1 heterocycles. The Morgan fingerprint density at radius 2 is 2.11 bits per heavy atom. The topological polar surface area (TPSA) is 71.1 Å². The number of hydrogen-bond donors (Lipinski definition) is 0. The maximum Gasteiger partial charge on any atom is 0.343 e. The van der Waals surface area contributed by atoms with Crippen molar-refractivity contribution in [2.45, 2.75) is 32.2 Å². The molecule has 0 spiro atoms. The van der Waals surface area contributed by atoms with Gasteiger partial charge in [-0.1, -0.05) is 6.58 Å². The molecule has 1 rings (SSSR count). The molecule has 0 aromatic heterocycles. The van der Waals surface area contributed by atoms with Gasteiger partial charge in [0.25, 0.3) is 0 Å². The molecular formula is C12H17IO6. The van der Waals surface area contributed by atoms with Crippen molar-refractivity contribution in [3.8, 4) is 0 Å². The largest absolute Gasteiger partial charge is 0.463 e. The Labute approximate surface area is 125 Å². The number of rotatable bonds is 6. The molecule has 1 unspecified atom stereocenters. The van der Waals surface area contributed by atoms with Gasteiger partial charge in [-0.2, -0.15) is 0 Å². The number of halogens is 1. The molecule has 19 heavy (non-hydrogen) atoms. The van der Waals surface area contributed by atoms with E-state index < -0.39 is 17.7 Å². The van der Waals surface area contributed by atoms with Crippen LogP contribution in [0.3, 0.4) is 0 Å². The Kier molecular flexibility index (Phi) is 6.21. The summed E-state index contributed by atoms with van der Waals surface area (Å²) in [6.07, 6.45) is -0.247. The smallest absolute Gasteiger partial charge is 0.343 e. The van der Waals surface area contributed by atoms with Gasteiger partial charge in [0.15, 0.2) is 5.79 Å². The van der Waals surface area contributed by atoms with E-state index in [1.165, 1.54) is 0 Å². The maximum absolute atomic E-state index is 11.4. The molecular weight excluding hydrogens is 367 g/mol. The number of esters is 2. The summed E-state index contributed by atoms with van der Waals surface area (Å²) in [4.78, 5) is 22.4. The zero-order valence-corrected chi connectivity index (χ0v) is 13.1. The number of carbonyl (C=O) groups excluding carboxylic acids is 2. The van der Waals surface area contributed by atoms with Gasteiger partial charge in [-0.25, -0.2) is 4.79 Å². The van der Waals surface area contributed by atoms with E-state index in [2.05, 4.69) is 6.58 Å². The summed E-state index contributed by atoms with van der Waals surface area (Å²) >= 11 is 1.76. The van der Waals surface area contributed by atoms with Gasteiger partial charge in [-0.15, -0.1) is 0 Å². The van der Waals surface area contributed by atoms with Crippen molar-refractivity contribution < 1.29 is 28.5 Å². The highest BCUT2D eigenvalue weighted by Crippen LogP contribution is 2.22. The number of hydrogen-bond acceptors (Lipinski definition) is 6. The van der Waals surface area contributed by atoms with Crippen LogP contribution in [0.1, 0.15) is 20.3 Å². The van der Waals surface area contributed by atoms with E-state index in [9.17, 15) is 9.59 Å². The standard InChI is InChI=1S/C12H17IO6/c1-8(13)11(15)16-5-4-10(14)17-6-9-7-18-12(2,3)19-9/h9H,1,4-7H2,2-3H3. The van der Waals surface area contributed by atoms with Crippen LogP contribution >= 0.6 is 22.6 Å². The van der Waals surface area contributed by atoms with E-state index in [0.717, 1.165) is 0 Å². The van der Waals surface area contributed by atoms with Crippen LogP contribution in [-0.2, 0) is 28.5 Å². The second-order valence-electron chi connectivity index (χ2n) is 4.42. The zero-order chi connectivity index (χ0) is 14.5. The van der Waals surface area contributed by atoms with E-state index in [-0.39, 0.29) is 29.3 Å². The average molecular weight is 384 g/mol. The molecule has 0 amide bonds. The van der Waals surface area contributed by atoms with Crippen LogP contribution in [0.25, 0.3) is 0 Å². The molecule has 0 saturated carbocycles. The van der Waals surface area contributed by atoms with Crippen molar-refractivity contribution in [1.82, 2.24) is 0 Å². The van der Waals surface area contributed by atoms with E-state index in [1.54, 1.807) is 36.4 Å². The van der Waals surface area contributed by atoms with Crippen molar-refractivity contribution >= 4 is 34.5 Å². The third-order valence-electron chi connectivity index (χ3n) is 2.26. The second-order valence-corrected chi connectivity index (χ2v) is 5.73. The summed E-state index contributed by atoms with van der Waals surface area (Å²) in [6, 6.07) is 0. The Morgan fingerprint density at radius 1 is 1.42 bits per heavy atom. The predicted octanol–water partition coefficient (Wildman–Crippen LogP) is 1.56. The average Bonchev–Trinajstić information content (AvgIpc) is 2.66. The summed E-state index contributed by atoms with van der Waals surface area (Å²) in [7, 11) is 0. The fourth-order valence-corrected chi connectivity index (χ4v) is 1.56. The van der Waals surface area contributed by atoms with Crippen LogP contribution in [0.4, 0.5) is 0 Å². The molecule has 0 radical (unpaired) electrons. The van der Waals surface area contributed by atoms with E-state index in [4.69, 9.17) is 18.9 Å². The molecule has 0 aromatic carbocycles. The van der Waals surface area contributed by atoms with Gasteiger partial charge in [0.1, 0.15) is 19.3 Å². The first-order chi connectivity index (χ1) is 8.80. The van der Waals surface area contributed by atoms with Gasteiger partial charge in [-0.3, -0.25) is 4.79 Å². The van der Waals surface area contributed by atoms with Crippen molar-refractivity contribution in [1.29, 1.82) is 0 Å². The third kappa shape index (κ3) is 6.35. The molecule has 1 saturated heterocycles. The van der Waals surface area contributed by atoms with Crippen LogP contribution in [-0.4, -0.2) is 43.7 Å². The highest BCUT2D eigenvalue weighted by molar-refractivity contribution is 14.1. The van der Waals surface area contributed by atoms with Gasteiger partial charge in [-0.05, 0) is 36.4 Å². The lowest BCUT2D eigenvalue weighted by Gasteiger charge is -2.16. The molecule has 1 aliphatic heterocycles. The van der Waals surface area contributed by atoms with E-state index in [0.29, 0.717) is 6.61 Å². The van der Waals surface area contributed by atoms with Gasteiger partial charge in [0.2, 0.25) is 0 Å². The summed E-state index contributed by atoms with van der Waals surface area (Å²) in [5, 5.41) is 0. The molecule has 0 aromatic rings. The maximum atomic E-state index is 11.4. The number of ether oxygens (including phenoxy) is 4. The van der Waals surface area contributed by atoms with Gasteiger partial charge in [0, 0.05) is 0 Å². The summed E-state index contributed by atoms with van der Waals surface area (Å²) < 4.78 is 20.9. The van der Waals surface area contributed by atoms with Gasteiger partial charge < -0.3 is 18.9 Å². The molecule has 0 bridgehead atoms. The van der Waals surface area contributed by atoms with Crippen molar-refractivity contribution in [2.75, 3.05) is 19.8 Å². The van der Waals surface area contributed by atoms with Crippen LogP contribution < -0.4 is 0 Å². The summed E-state index contributed by atoms with van der Waals surface area (Å²) in [5.41, 5.74) is 0. The Balaban J connectivity index is 2.12. The second kappa shape index (κ2) is 7.20. The molecule has 0 N–H and O–H groups in total. The lowest BCUT2D eigenvalue weighted by molar-refractivity contribution is -0.159. The quantitative estimate of drug-likeness (QED) is 0.393. The van der Waals surface area contributed by atoms with Crippen molar-refractivity contribution in [3.05, 3.63) is 10.2 Å². The normalized spacial score (nSPS) is 20.9. The monoisotopic (exact) mass is 384 g/mol. The number of carbonyl (C=O) groups is 2. The van der Waals surface area contributed by atoms with Crippen molar-refractivity contribution in [3.63, 3.8) is 0 Å². The molecule has 7 heteroatoms. The van der Waals surface area contributed by atoms with E-state index >= 15 is 0 Å². The highest BCUT2D eigenvalue weighted by atomic mass is 127. The van der Waals surface area contributed by atoms with Crippen LogP contribution in [0.15, 0.2) is 10.2 Å². The van der Waals surface area contributed by atoms with Gasteiger partial charge in [0.05, 0.1) is 16.6 Å². The van der Waals surface area contributed by atoms with Gasteiger partial charge >= 0.3 is 11.9 Å². The first-order valence-corrected chi connectivity index (χ1v) is 6.87. The minimum atomic E-state index is -0.632. The SMILES string of the molecule is C=C(I)C(=O)OCCC(=O)OCC1COC(C)(C)O1. The van der Waals surface area contributed by atoms with Crippen LogP contribution in [0.5, 0.6) is 0 Å². The minimum absolute atomic E-state index is 0.00658. The molecule has 0 aliphatic carbocycles. The fraction of sp³-hybridized carbons (Fsp3) is 0.667. The first kappa shape index (κ1) is 16.4.